The predicted octanol–water partition coefficient (Wildman–Crippen LogP) is 4.48. The monoisotopic (exact) mass is 501 g/mol. The van der Waals surface area contributed by atoms with Crippen molar-refractivity contribution in [3.63, 3.8) is 0 Å². The topological polar surface area (TPSA) is 135 Å². The van der Waals surface area contributed by atoms with E-state index in [0.29, 0.717) is 43.6 Å². The molecule has 1 fully saturated rings. The number of hydrogen-bond donors (Lipinski definition) is 3. The highest BCUT2D eigenvalue weighted by Crippen LogP contribution is 2.46. The van der Waals surface area contributed by atoms with Gasteiger partial charge in [-0.2, -0.15) is 4.98 Å². The Kier molecular flexibility index (Phi) is 5.50. The van der Waals surface area contributed by atoms with Gasteiger partial charge >= 0.3 is 12.0 Å². The molecule has 0 bridgehead atoms. The third-order valence-corrected chi connectivity index (χ3v) is 7.56. The minimum atomic E-state index is -0.413. The fourth-order valence-electron chi connectivity index (χ4n) is 4.69. The van der Waals surface area contributed by atoms with Crippen molar-refractivity contribution in [1.82, 2.24) is 20.3 Å². The Morgan fingerprint density at radius 2 is 2.03 bits per heavy atom. The molecule has 4 aromatic rings. The molecule has 0 saturated heterocycles. The SMILES string of the molecule is Cc1nc(Oc2ccccc2)ncc1N1C(=O)Nc2c(C(=O)N[C@@H]3CCC[C@H]3N)sc3nccc1c23. The van der Waals surface area contributed by atoms with E-state index in [0.717, 1.165) is 19.3 Å². The van der Waals surface area contributed by atoms with Crippen LogP contribution < -0.4 is 26.0 Å². The summed E-state index contributed by atoms with van der Waals surface area (Å²) in [6, 6.07) is 10.6. The second-order valence-electron chi connectivity index (χ2n) is 8.80. The number of aromatic nitrogens is 3. The van der Waals surface area contributed by atoms with Gasteiger partial charge in [0.1, 0.15) is 15.5 Å². The molecule has 3 aromatic heterocycles. The average molecular weight is 502 g/mol. The standard InChI is InChI=1S/C25H23N7O3S/c1-13-18(12-28-24(29-13)35-14-6-3-2-4-7-14)32-17-10-11-27-23-19(17)20(31-25(32)34)21(36-23)22(33)30-16-9-5-8-15(16)26/h2-4,6-7,10-12,15-16H,5,8-9,26H2,1H3,(H,30,33)(H,31,34)/t15-,16-/m1/s1. The Balaban J connectivity index is 1.35. The van der Waals surface area contributed by atoms with E-state index in [4.69, 9.17) is 10.5 Å². The van der Waals surface area contributed by atoms with E-state index in [1.807, 2.05) is 30.3 Å². The fraction of sp³-hybridized carbons (Fsp3) is 0.240. The number of anilines is 3. The predicted molar refractivity (Wildman–Crippen MR) is 137 cm³/mol. The Hall–Kier alpha value is -4.09. The summed E-state index contributed by atoms with van der Waals surface area (Å²) in [6.07, 6.45) is 5.90. The highest BCUT2D eigenvalue weighted by atomic mass is 32.1. The van der Waals surface area contributed by atoms with Gasteiger partial charge in [-0.1, -0.05) is 18.2 Å². The number of thiophene rings is 1. The molecule has 1 aromatic carbocycles. The number of aryl methyl sites for hydroxylation is 1. The zero-order valence-electron chi connectivity index (χ0n) is 19.4. The number of pyridine rings is 1. The van der Waals surface area contributed by atoms with Gasteiger partial charge in [0.25, 0.3) is 5.91 Å². The third-order valence-electron chi connectivity index (χ3n) is 6.46. The van der Waals surface area contributed by atoms with Gasteiger partial charge < -0.3 is 21.1 Å². The first kappa shape index (κ1) is 22.4. The molecule has 3 amide bonds. The van der Waals surface area contributed by atoms with E-state index in [1.54, 1.807) is 25.4 Å². The molecule has 11 heteroatoms. The molecule has 0 spiro atoms. The fourth-order valence-corrected chi connectivity index (χ4v) is 5.71. The quantitative estimate of drug-likeness (QED) is 0.367. The van der Waals surface area contributed by atoms with E-state index in [-0.39, 0.29) is 24.0 Å². The van der Waals surface area contributed by atoms with Crippen molar-refractivity contribution in [2.75, 3.05) is 10.2 Å². The van der Waals surface area contributed by atoms with Crippen LogP contribution in [0, 0.1) is 6.92 Å². The molecule has 0 unspecified atom stereocenters. The number of benzene rings is 1. The third kappa shape index (κ3) is 3.82. The number of urea groups is 1. The average Bonchev–Trinajstić information content (AvgIpc) is 3.45. The summed E-state index contributed by atoms with van der Waals surface area (Å²) in [5.74, 6) is 0.362. The summed E-state index contributed by atoms with van der Waals surface area (Å²) in [5.41, 5.74) is 8.27. The first-order valence-electron chi connectivity index (χ1n) is 11.6. The number of amides is 3. The number of carbonyl (C=O) groups is 2. The zero-order valence-corrected chi connectivity index (χ0v) is 20.2. The van der Waals surface area contributed by atoms with Crippen LogP contribution in [0.2, 0.25) is 0 Å². The van der Waals surface area contributed by atoms with Gasteiger partial charge in [0.2, 0.25) is 0 Å². The first-order valence-corrected chi connectivity index (χ1v) is 12.5. The Morgan fingerprint density at radius 1 is 1.19 bits per heavy atom. The normalized spacial score (nSPS) is 18.8. The molecule has 6 rings (SSSR count). The van der Waals surface area contributed by atoms with E-state index >= 15 is 0 Å². The van der Waals surface area contributed by atoms with E-state index in [2.05, 4.69) is 25.6 Å². The van der Waals surface area contributed by atoms with Gasteiger partial charge in [-0.05, 0) is 44.4 Å². The highest BCUT2D eigenvalue weighted by Gasteiger charge is 2.35. The van der Waals surface area contributed by atoms with Crippen LogP contribution in [0.5, 0.6) is 11.8 Å². The number of nitrogens with zero attached hydrogens (tertiary/aromatic N) is 4. The number of rotatable bonds is 5. The Morgan fingerprint density at radius 3 is 2.78 bits per heavy atom. The number of nitrogens with one attached hydrogen (secondary N) is 2. The van der Waals surface area contributed by atoms with E-state index in [9.17, 15) is 9.59 Å². The van der Waals surface area contributed by atoms with Crippen molar-refractivity contribution in [3.05, 3.63) is 59.4 Å². The van der Waals surface area contributed by atoms with Gasteiger partial charge in [-0.15, -0.1) is 11.3 Å². The van der Waals surface area contributed by atoms with Crippen LogP contribution in [-0.4, -0.2) is 39.0 Å². The maximum Gasteiger partial charge on any atom is 0.331 e. The summed E-state index contributed by atoms with van der Waals surface area (Å²) in [4.78, 5) is 42.3. The molecule has 4 heterocycles. The number of ether oxygens (including phenoxy) is 1. The molecule has 0 radical (unpaired) electrons. The summed E-state index contributed by atoms with van der Waals surface area (Å²) in [6.45, 7) is 1.79. The summed E-state index contributed by atoms with van der Waals surface area (Å²) >= 11 is 1.25. The minimum absolute atomic E-state index is 0.0599. The number of hydrogen-bond acceptors (Lipinski definition) is 8. The van der Waals surface area contributed by atoms with E-state index < -0.39 is 6.03 Å². The molecule has 36 heavy (non-hydrogen) atoms. The summed E-state index contributed by atoms with van der Waals surface area (Å²) in [5, 5.41) is 6.64. The van der Waals surface area contributed by atoms with E-state index in [1.165, 1.54) is 16.2 Å². The zero-order chi connectivity index (χ0) is 24.8. The van der Waals surface area contributed by atoms with Crippen LogP contribution in [0.15, 0.2) is 48.8 Å². The van der Waals surface area contributed by atoms with Crippen LogP contribution in [0.4, 0.5) is 21.9 Å². The van der Waals surface area contributed by atoms with Gasteiger partial charge in [-0.3, -0.25) is 9.69 Å². The van der Waals surface area contributed by atoms with Crippen molar-refractivity contribution in [2.45, 2.75) is 38.3 Å². The van der Waals surface area contributed by atoms with Crippen molar-refractivity contribution >= 4 is 50.6 Å². The lowest BCUT2D eigenvalue weighted by molar-refractivity contribution is 0.0939. The first-order chi connectivity index (χ1) is 17.5. The smallest absolute Gasteiger partial charge is 0.331 e. The molecule has 10 nitrogen and oxygen atoms in total. The molecule has 1 saturated carbocycles. The number of carbonyl (C=O) groups excluding carboxylic acids is 2. The molecule has 2 aliphatic rings. The molecular formula is C25H23N7O3S. The van der Waals surface area contributed by atoms with Crippen LogP contribution in [0.1, 0.15) is 34.6 Å². The van der Waals surface area contributed by atoms with Crippen molar-refractivity contribution in [3.8, 4) is 11.8 Å². The van der Waals surface area contributed by atoms with Crippen molar-refractivity contribution < 1.29 is 14.3 Å². The Bertz CT molecular complexity index is 1490. The maximum absolute atomic E-state index is 13.4. The van der Waals surface area contributed by atoms with Gasteiger partial charge in [0.05, 0.1) is 34.3 Å². The van der Waals surface area contributed by atoms with Gasteiger partial charge in [0, 0.05) is 18.3 Å². The summed E-state index contributed by atoms with van der Waals surface area (Å²) in [7, 11) is 0. The second kappa shape index (κ2) is 8.85. The maximum atomic E-state index is 13.4. The molecule has 1 aliphatic carbocycles. The highest BCUT2D eigenvalue weighted by molar-refractivity contribution is 7.21. The molecule has 182 valence electrons. The Labute approximate surface area is 210 Å². The second-order valence-corrected chi connectivity index (χ2v) is 9.79. The summed E-state index contributed by atoms with van der Waals surface area (Å²) < 4.78 is 5.73. The lowest BCUT2D eigenvalue weighted by Crippen LogP contribution is -2.44. The molecule has 4 N–H and O–H groups in total. The number of nitrogens with two attached hydrogens (primary N) is 1. The number of para-hydroxylation sites is 1. The van der Waals surface area contributed by atoms with Crippen LogP contribution in [-0.2, 0) is 0 Å². The molecule has 1 aliphatic heterocycles. The lowest BCUT2D eigenvalue weighted by atomic mass is 10.1. The minimum Gasteiger partial charge on any atom is -0.424 e. The van der Waals surface area contributed by atoms with Crippen LogP contribution in [0.25, 0.3) is 10.2 Å². The van der Waals surface area contributed by atoms with Crippen molar-refractivity contribution in [2.24, 2.45) is 5.73 Å². The van der Waals surface area contributed by atoms with Gasteiger partial charge in [-0.25, -0.2) is 14.8 Å². The van der Waals surface area contributed by atoms with Crippen LogP contribution >= 0.6 is 11.3 Å². The molecule has 2 atom stereocenters. The van der Waals surface area contributed by atoms with Crippen molar-refractivity contribution in [1.29, 1.82) is 0 Å². The van der Waals surface area contributed by atoms with Gasteiger partial charge in [0.15, 0.2) is 0 Å². The largest absolute Gasteiger partial charge is 0.424 e. The van der Waals surface area contributed by atoms with Crippen LogP contribution in [0.3, 0.4) is 0 Å². The molecular weight excluding hydrogens is 478 g/mol. The lowest BCUT2D eigenvalue weighted by Gasteiger charge is -2.29.